The van der Waals surface area contributed by atoms with Crippen LogP contribution in [0.1, 0.15) is 72.8 Å². The molecule has 0 aromatic heterocycles. The number of likely N-dealkylation sites (N-methyl/N-ethyl adjacent to an activating group) is 2. The van der Waals surface area contributed by atoms with Crippen LogP contribution in [-0.2, 0) is 30.5 Å². The molecule has 5 atom stereocenters. The van der Waals surface area contributed by atoms with Crippen molar-refractivity contribution in [1.82, 2.24) is 30.2 Å². The first-order valence-electron chi connectivity index (χ1n) is 16.8. The summed E-state index contributed by atoms with van der Waals surface area (Å²) in [7, 11) is 5.29. The van der Waals surface area contributed by atoms with E-state index in [1.54, 1.807) is 16.8 Å². The Kier molecular flexibility index (Phi) is 13.2. The molecule has 4 unspecified atom stereocenters. The first-order valence-corrected chi connectivity index (χ1v) is 16.8. The Balaban J connectivity index is 1.75. The first kappa shape index (κ1) is 37.0. The number of amides is 5. The molecule has 0 radical (unpaired) electrons. The van der Waals surface area contributed by atoms with Crippen LogP contribution in [-0.4, -0.2) is 114 Å². The Morgan fingerprint density at radius 3 is 1.89 bits per heavy atom. The molecule has 11 heteroatoms. The van der Waals surface area contributed by atoms with E-state index in [4.69, 9.17) is 0 Å². The summed E-state index contributed by atoms with van der Waals surface area (Å²) < 4.78 is 0. The predicted octanol–water partition coefficient (Wildman–Crippen LogP) is 2.49. The van der Waals surface area contributed by atoms with Crippen molar-refractivity contribution in [1.29, 1.82) is 0 Å². The van der Waals surface area contributed by atoms with E-state index in [-0.39, 0.29) is 47.3 Å². The summed E-state index contributed by atoms with van der Waals surface area (Å²) in [6, 6.07) is 6.32. The van der Waals surface area contributed by atoms with Gasteiger partial charge in [-0.05, 0) is 63.1 Å². The van der Waals surface area contributed by atoms with E-state index in [0.717, 1.165) is 12.0 Å². The maximum Gasteiger partial charge on any atom is 0.246 e. The summed E-state index contributed by atoms with van der Waals surface area (Å²) in [5.74, 6) is -1.67. The Morgan fingerprint density at radius 2 is 1.35 bits per heavy atom. The third-order valence-electron chi connectivity index (χ3n) is 9.31. The number of carbonyl (C=O) groups excluding carboxylic acids is 5. The molecule has 3 rings (SSSR count). The van der Waals surface area contributed by atoms with Crippen LogP contribution >= 0.6 is 0 Å². The lowest BCUT2D eigenvalue weighted by Gasteiger charge is -2.38. The lowest BCUT2D eigenvalue weighted by molar-refractivity contribution is -0.153. The van der Waals surface area contributed by atoms with Crippen molar-refractivity contribution in [3.05, 3.63) is 35.9 Å². The largest absolute Gasteiger partial charge is 0.350 e. The normalized spacial score (nSPS) is 20.3. The third kappa shape index (κ3) is 8.66. The van der Waals surface area contributed by atoms with Crippen LogP contribution in [0.2, 0.25) is 0 Å². The zero-order chi connectivity index (χ0) is 34.3. The lowest BCUT2D eigenvalue weighted by Crippen LogP contribution is -2.61. The van der Waals surface area contributed by atoms with Crippen molar-refractivity contribution in [2.45, 2.75) is 104 Å². The maximum absolute atomic E-state index is 14.2. The highest BCUT2D eigenvalue weighted by atomic mass is 16.2. The molecule has 1 aromatic carbocycles. The molecule has 2 fully saturated rings. The molecule has 256 valence electrons. The average molecular weight is 641 g/mol. The van der Waals surface area contributed by atoms with Crippen LogP contribution in [0.25, 0.3) is 0 Å². The number of hydrogen-bond donors (Lipinski definition) is 2. The third-order valence-corrected chi connectivity index (χ3v) is 9.31. The first-order chi connectivity index (χ1) is 21.7. The van der Waals surface area contributed by atoms with Crippen molar-refractivity contribution < 1.29 is 24.0 Å². The second kappa shape index (κ2) is 16.4. The maximum atomic E-state index is 14.2. The van der Waals surface area contributed by atoms with Crippen molar-refractivity contribution >= 4 is 29.5 Å². The molecular formula is C35H56N6O5. The van der Waals surface area contributed by atoms with Gasteiger partial charge in [-0.25, -0.2) is 0 Å². The van der Waals surface area contributed by atoms with E-state index in [9.17, 15) is 24.0 Å². The van der Waals surface area contributed by atoms with Crippen LogP contribution < -0.4 is 10.6 Å². The Bertz CT molecular complexity index is 1210. The SMILES string of the molecule is CC(C)C(C(=O)N[C@H](C(=O)N(C)C(C(=O)N1CCCC1C(=O)N1CCCC1C(=O)NCc1ccccc1)C(C)C)C(C)C)N(C)C. The molecule has 46 heavy (non-hydrogen) atoms. The predicted molar refractivity (Wildman–Crippen MR) is 178 cm³/mol. The number of nitrogens with one attached hydrogen (secondary N) is 2. The van der Waals surface area contributed by atoms with Gasteiger partial charge in [0.2, 0.25) is 29.5 Å². The summed E-state index contributed by atoms with van der Waals surface area (Å²) >= 11 is 0. The van der Waals surface area contributed by atoms with Crippen LogP contribution in [0.15, 0.2) is 30.3 Å². The van der Waals surface area contributed by atoms with Crippen LogP contribution in [0.3, 0.4) is 0 Å². The monoisotopic (exact) mass is 640 g/mol. The molecule has 0 saturated carbocycles. The summed E-state index contributed by atoms with van der Waals surface area (Å²) in [5.41, 5.74) is 0.981. The molecule has 0 spiro atoms. The van der Waals surface area contributed by atoms with Crippen LogP contribution in [0, 0.1) is 17.8 Å². The molecule has 0 bridgehead atoms. The van der Waals surface area contributed by atoms with Crippen molar-refractivity contribution in [3.63, 3.8) is 0 Å². The second-order valence-corrected chi connectivity index (χ2v) is 14.1. The number of nitrogens with zero attached hydrogens (tertiary/aromatic N) is 4. The van der Waals surface area contributed by atoms with Crippen LogP contribution in [0.5, 0.6) is 0 Å². The van der Waals surface area contributed by atoms with Crippen molar-refractivity contribution in [2.75, 3.05) is 34.2 Å². The number of carbonyl (C=O) groups is 5. The summed E-state index contributed by atoms with van der Waals surface area (Å²) in [6.07, 6.45) is 2.46. The minimum absolute atomic E-state index is 0.0374. The van der Waals surface area contributed by atoms with Crippen molar-refractivity contribution in [2.24, 2.45) is 17.8 Å². The summed E-state index contributed by atoms with van der Waals surface area (Å²) in [6.45, 7) is 12.7. The fraction of sp³-hybridized carbons (Fsp3) is 0.686. The minimum atomic E-state index is -0.822. The topological polar surface area (TPSA) is 122 Å². The Morgan fingerprint density at radius 1 is 0.783 bits per heavy atom. The molecular weight excluding hydrogens is 584 g/mol. The fourth-order valence-corrected chi connectivity index (χ4v) is 6.99. The Labute approximate surface area is 275 Å². The van der Waals surface area contributed by atoms with Gasteiger partial charge in [-0.2, -0.15) is 0 Å². The molecule has 2 aliphatic heterocycles. The highest BCUT2D eigenvalue weighted by Gasteiger charge is 2.45. The molecule has 2 N–H and O–H groups in total. The average Bonchev–Trinajstić information content (AvgIpc) is 3.68. The van der Waals surface area contributed by atoms with E-state index in [2.05, 4.69) is 10.6 Å². The van der Waals surface area contributed by atoms with Gasteiger partial charge in [-0.1, -0.05) is 71.9 Å². The molecule has 2 saturated heterocycles. The zero-order valence-corrected chi connectivity index (χ0v) is 29.3. The van der Waals surface area contributed by atoms with Crippen LogP contribution in [0.4, 0.5) is 0 Å². The smallest absolute Gasteiger partial charge is 0.246 e. The summed E-state index contributed by atoms with van der Waals surface area (Å²) in [4.78, 5) is 75.1. The van der Waals surface area contributed by atoms with Gasteiger partial charge in [-0.15, -0.1) is 0 Å². The van der Waals surface area contributed by atoms with Crippen molar-refractivity contribution in [3.8, 4) is 0 Å². The zero-order valence-electron chi connectivity index (χ0n) is 29.3. The second-order valence-electron chi connectivity index (χ2n) is 14.1. The van der Waals surface area contributed by atoms with E-state index in [1.165, 1.54) is 4.90 Å². The molecule has 2 aliphatic rings. The summed E-state index contributed by atoms with van der Waals surface area (Å²) in [5, 5.41) is 5.94. The molecule has 5 amide bonds. The minimum Gasteiger partial charge on any atom is -0.350 e. The molecule has 1 aromatic rings. The van der Waals surface area contributed by atoms with Gasteiger partial charge in [0.1, 0.15) is 24.2 Å². The van der Waals surface area contributed by atoms with Gasteiger partial charge < -0.3 is 25.3 Å². The van der Waals surface area contributed by atoms with Gasteiger partial charge in [0, 0.05) is 26.7 Å². The number of rotatable bonds is 13. The van der Waals surface area contributed by atoms with Gasteiger partial charge in [0.25, 0.3) is 0 Å². The lowest BCUT2D eigenvalue weighted by atomic mass is 9.96. The number of hydrogen-bond acceptors (Lipinski definition) is 6. The van der Waals surface area contributed by atoms with E-state index >= 15 is 0 Å². The molecule has 2 heterocycles. The number of likely N-dealkylation sites (tertiary alicyclic amines) is 2. The highest BCUT2D eigenvalue weighted by molar-refractivity contribution is 5.96. The highest BCUT2D eigenvalue weighted by Crippen LogP contribution is 2.28. The van der Waals surface area contributed by atoms with E-state index < -0.39 is 30.2 Å². The molecule has 0 aliphatic carbocycles. The quantitative estimate of drug-likeness (QED) is 0.342. The standard InChI is InChI=1S/C35H56N6O5/c1-22(2)28(37-32(43)29(23(3)4)38(7)8)34(45)39(9)30(24(5)6)35(46)41-20-14-18-27(41)33(44)40-19-13-17-26(40)31(42)36-21-25-15-11-10-12-16-25/h10-12,15-16,22-24,26-30H,13-14,17-21H2,1-9H3,(H,36,42)(H,37,43)/t26?,27?,28-,29?,30?/m0/s1. The Hall–Kier alpha value is -3.47. The van der Waals surface area contributed by atoms with Gasteiger partial charge in [0.05, 0.1) is 6.04 Å². The number of benzene rings is 1. The van der Waals surface area contributed by atoms with E-state index in [1.807, 2.05) is 90.9 Å². The van der Waals surface area contributed by atoms with E-state index in [0.29, 0.717) is 38.9 Å². The fourth-order valence-electron chi connectivity index (χ4n) is 6.99. The van der Waals surface area contributed by atoms with Gasteiger partial charge >= 0.3 is 0 Å². The molecule has 11 nitrogen and oxygen atoms in total. The van der Waals surface area contributed by atoms with Gasteiger partial charge in [0.15, 0.2) is 0 Å². The van der Waals surface area contributed by atoms with Gasteiger partial charge in [-0.3, -0.25) is 28.9 Å².